The highest BCUT2D eigenvalue weighted by atomic mass is 19.3. The molecule has 2 N–H and O–H groups in total. The van der Waals surface area contributed by atoms with E-state index in [1.54, 1.807) is 6.07 Å². The normalized spacial score (nSPS) is 26.2. The first-order chi connectivity index (χ1) is 10.9. The van der Waals surface area contributed by atoms with Crippen LogP contribution in [-0.4, -0.2) is 41.1 Å². The van der Waals surface area contributed by atoms with Crippen molar-refractivity contribution in [2.45, 2.75) is 44.0 Å². The van der Waals surface area contributed by atoms with Crippen LogP contribution in [0.3, 0.4) is 0 Å². The molecule has 8 heteroatoms. The lowest BCUT2D eigenvalue weighted by Gasteiger charge is -2.37. The Labute approximate surface area is 137 Å². The molecule has 1 aromatic carbocycles. The summed E-state index contributed by atoms with van der Waals surface area (Å²) in [4.78, 5) is 24.9. The molecule has 1 aliphatic rings. The minimum atomic E-state index is -3.94. The summed E-state index contributed by atoms with van der Waals surface area (Å²) in [6.45, 7) is 3.28. The van der Waals surface area contributed by atoms with Gasteiger partial charge < -0.3 is 10.5 Å². The van der Waals surface area contributed by atoms with Crippen molar-refractivity contribution >= 4 is 12.0 Å². The molecule has 1 saturated heterocycles. The number of hydrogen-bond donors (Lipinski definition) is 1. The zero-order valence-corrected chi connectivity index (χ0v) is 13.6. The molecule has 1 aliphatic heterocycles. The molecule has 2 amide bonds. The fraction of sp³-hybridized carbons (Fsp3) is 0.500. The van der Waals surface area contributed by atoms with Gasteiger partial charge in [0.05, 0.1) is 6.54 Å². The van der Waals surface area contributed by atoms with E-state index in [2.05, 4.69) is 0 Å². The third-order valence-corrected chi connectivity index (χ3v) is 3.74. The molecule has 1 fully saturated rings. The quantitative estimate of drug-likeness (QED) is 0.896. The van der Waals surface area contributed by atoms with Gasteiger partial charge in [0.25, 0.3) is 11.8 Å². The predicted octanol–water partition coefficient (Wildman–Crippen LogP) is 2.59. The van der Waals surface area contributed by atoms with Gasteiger partial charge in [-0.25, -0.2) is 18.0 Å². The number of alkyl halides is 3. The average Bonchev–Trinajstić information content (AvgIpc) is 2.67. The van der Waals surface area contributed by atoms with Crippen molar-refractivity contribution in [1.29, 1.82) is 0 Å². The first-order valence-electron chi connectivity index (χ1n) is 7.31. The molecule has 2 atom stereocenters. The highest BCUT2D eigenvalue weighted by molar-refractivity contribution is 5.92. The van der Waals surface area contributed by atoms with Gasteiger partial charge in [-0.05, 0) is 26.3 Å². The van der Waals surface area contributed by atoms with Gasteiger partial charge in [-0.15, -0.1) is 0 Å². The van der Waals surface area contributed by atoms with Crippen molar-refractivity contribution in [3.63, 3.8) is 0 Å². The van der Waals surface area contributed by atoms with Crippen LogP contribution >= 0.6 is 0 Å². The van der Waals surface area contributed by atoms with Crippen molar-refractivity contribution in [2.24, 2.45) is 5.73 Å². The van der Waals surface area contributed by atoms with E-state index in [-0.39, 0.29) is 5.56 Å². The lowest BCUT2D eigenvalue weighted by atomic mass is 9.84. The lowest BCUT2D eigenvalue weighted by Crippen LogP contribution is -2.58. The van der Waals surface area contributed by atoms with E-state index in [1.165, 1.54) is 45.0 Å². The highest BCUT2D eigenvalue weighted by Crippen LogP contribution is 2.48. The van der Waals surface area contributed by atoms with Crippen molar-refractivity contribution < 1.29 is 27.5 Å². The van der Waals surface area contributed by atoms with Gasteiger partial charge in [0, 0.05) is 0 Å². The average molecular weight is 344 g/mol. The Morgan fingerprint density at radius 1 is 1.25 bits per heavy atom. The Hall–Kier alpha value is -2.25. The van der Waals surface area contributed by atoms with Crippen LogP contribution in [0.5, 0.6) is 0 Å². The van der Waals surface area contributed by atoms with Crippen LogP contribution in [0, 0.1) is 0 Å². The number of hydrogen-bond acceptors (Lipinski definition) is 3. The number of carbonyl (C=O) groups excluding carboxylic acids is 2. The van der Waals surface area contributed by atoms with Crippen LogP contribution in [-0.2, 0) is 15.1 Å². The van der Waals surface area contributed by atoms with E-state index < -0.39 is 41.8 Å². The van der Waals surface area contributed by atoms with Gasteiger partial charge in [-0.2, -0.15) is 0 Å². The lowest BCUT2D eigenvalue weighted by molar-refractivity contribution is -0.135. The number of halogens is 3. The molecule has 0 saturated carbocycles. The third-order valence-electron chi connectivity index (χ3n) is 3.74. The zero-order valence-electron chi connectivity index (χ0n) is 13.6. The molecule has 1 heterocycles. The van der Waals surface area contributed by atoms with Crippen molar-refractivity contribution in [3.8, 4) is 0 Å². The number of amides is 2. The second kappa shape index (κ2) is 5.68. The van der Waals surface area contributed by atoms with E-state index in [0.29, 0.717) is 4.90 Å². The first kappa shape index (κ1) is 18.1. The molecule has 1 aromatic rings. The van der Waals surface area contributed by atoms with Gasteiger partial charge in [-0.3, -0.25) is 9.69 Å². The highest BCUT2D eigenvalue weighted by Gasteiger charge is 2.70. The van der Waals surface area contributed by atoms with Gasteiger partial charge >= 0.3 is 6.09 Å². The summed E-state index contributed by atoms with van der Waals surface area (Å²) in [5, 5.41) is 0. The van der Waals surface area contributed by atoms with Gasteiger partial charge in [0.1, 0.15) is 5.60 Å². The summed E-state index contributed by atoms with van der Waals surface area (Å²) in [6, 6.07) is 7.00. The molecule has 0 bridgehead atoms. The van der Waals surface area contributed by atoms with E-state index in [1.807, 2.05) is 0 Å². The topological polar surface area (TPSA) is 72.6 Å². The van der Waals surface area contributed by atoms with E-state index in [4.69, 9.17) is 10.5 Å². The molecular formula is C16H19F3N2O3. The van der Waals surface area contributed by atoms with Crippen LogP contribution in [0.1, 0.15) is 26.3 Å². The van der Waals surface area contributed by atoms with Crippen molar-refractivity contribution in [1.82, 2.24) is 4.90 Å². The number of primary amides is 1. The first-order valence-corrected chi connectivity index (χ1v) is 7.31. The van der Waals surface area contributed by atoms with Crippen LogP contribution in [0.4, 0.5) is 18.0 Å². The summed E-state index contributed by atoms with van der Waals surface area (Å²) >= 11 is 0. The Bertz CT molecular complexity index is 646. The summed E-state index contributed by atoms with van der Waals surface area (Å²) in [6.07, 6.45) is -4.22. The van der Waals surface area contributed by atoms with Gasteiger partial charge in [0.2, 0.25) is 6.17 Å². The molecular weight excluding hydrogens is 325 g/mol. The molecule has 0 spiro atoms. The maximum absolute atomic E-state index is 14.7. The van der Waals surface area contributed by atoms with Crippen LogP contribution in [0.15, 0.2) is 30.3 Å². The molecule has 0 aliphatic carbocycles. The number of ether oxygens (including phenoxy) is 1. The molecule has 132 valence electrons. The maximum atomic E-state index is 14.7. The smallest absolute Gasteiger partial charge is 0.411 e. The number of nitrogens with two attached hydrogens (primary N) is 1. The minimum absolute atomic E-state index is 0.131. The van der Waals surface area contributed by atoms with Gasteiger partial charge in [0.15, 0.2) is 5.54 Å². The molecule has 0 aromatic heterocycles. The van der Waals surface area contributed by atoms with Crippen molar-refractivity contribution in [2.75, 3.05) is 6.54 Å². The van der Waals surface area contributed by atoms with Crippen LogP contribution in [0.25, 0.3) is 0 Å². The fourth-order valence-electron chi connectivity index (χ4n) is 2.78. The fourth-order valence-corrected chi connectivity index (χ4v) is 2.78. The number of rotatable bonds is 2. The molecule has 24 heavy (non-hydrogen) atoms. The second-order valence-electron chi connectivity index (χ2n) is 6.69. The van der Waals surface area contributed by atoms with E-state index in [9.17, 15) is 22.8 Å². The van der Waals surface area contributed by atoms with Crippen LogP contribution < -0.4 is 5.73 Å². The van der Waals surface area contributed by atoms with E-state index in [0.717, 1.165) is 0 Å². The number of nitrogens with zero attached hydrogens (tertiary/aromatic N) is 1. The molecule has 2 unspecified atom stereocenters. The summed E-state index contributed by atoms with van der Waals surface area (Å²) in [7, 11) is 0. The summed E-state index contributed by atoms with van der Waals surface area (Å²) < 4.78 is 47.9. The summed E-state index contributed by atoms with van der Waals surface area (Å²) in [5.41, 5.74) is 1.53. The predicted molar refractivity (Wildman–Crippen MR) is 80.1 cm³/mol. The SMILES string of the molecule is CC(C)(C)OC(=O)N1CC(F)(F)C(F)C1(C(N)=O)c1ccccc1. The Morgan fingerprint density at radius 3 is 2.25 bits per heavy atom. The number of likely N-dealkylation sites (tertiary alicyclic amines) is 1. The number of carbonyl (C=O) groups is 2. The number of benzene rings is 1. The van der Waals surface area contributed by atoms with E-state index >= 15 is 0 Å². The Kier molecular flexibility index (Phi) is 4.28. The van der Waals surface area contributed by atoms with Gasteiger partial charge in [-0.1, -0.05) is 30.3 Å². The van der Waals surface area contributed by atoms with Crippen molar-refractivity contribution in [3.05, 3.63) is 35.9 Å². The summed E-state index contributed by atoms with van der Waals surface area (Å²) in [5.74, 6) is -5.33. The second-order valence-corrected chi connectivity index (χ2v) is 6.69. The monoisotopic (exact) mass is 344 g/mol. The molecule has 0 radical (unpaired) electrons. The molecule has 2 rings (SSSR count). The third kappa shape index (κ3) is 2.81. The van der Waals surface area contributed by atoms with Crippen LogP contribution in [0.2, 0.25) is 0 Å². The minimum Gasteiger partial charge on any atom is -0.444 e. The zero-order chi connectivity index (χ0) is 18.3. The Balaban J connectivity index is 2.63. The standard InChI is InChI=1S/C16H19F3N2O3/c1-14(2,3)24-13(23)21-9-15(18,19)11(17)16(21,12(20)22)10-7-5-4-6-8-10/h4-8,11H,9H2,1-3H3,(H2,20,22). The molecule has 5 nitrogen and oxygen atoms in total. The Morgan fingerprint density at radius 2 is 1.79 bits per heavy atom. The maximum Gasteiger partial charge on any atom is 0.411 e. The largest absolute Gasteiger partial charge is 0.444 e.